The molecule has 84 heavy (non-hydrogen) atoms. The minimum atomic E-state index is -1.81. The number of hydrogen-bond donors (Lipinski definition) is 3. The molecule has 6 aromatic rings. The highest BCUT2D eigenvalue weighted by Crippen LogP contribution is 2.57. The van der Waals surface area contributed by atoms with E-state index in [-0.39, 0.29) is 49.8 Å². The molecule has 0 radical (unpaired) electrons. The van der Waals surface area contributed by atoms with Gasteiger partial charge in [-0.25, -0.2) is 4.79 Å². The van der Waals surface area contributed by atoms with Crippen molar-refractivity contribution in [2.75, 3.05) is 39.5 Å². The van der Waals surface area contributed by atoms with Gasteiger partial charge in [0.1, 0.15) is 6.04 Å². The first-order valence-electron chi connectivity index (χ1n) is 27.7. The van der Waals surface area contributed by atoms with Crippen LogP contribution in [0.1, 0.15) is 95.8 Å². The standard InChI is InChI=1S/C65H61N7O12/c1-36(69-62(76)65(4,84-63(66)77)64(2,3)58-46-14-9-7-12-44(46)45-13-8-10-15-47(45)58)59(73)70-41-19-16-37(17-20-41)39-24-42-31-67-50-29-56(53(78-5)27-48(50)60(74)71(42)33-39)80-22-11-23-81-57-30-51-49(28-54(57)79-6)61(75)72-34-40(25-43(72)32-68-51)38-18-21-52-55(26-38)83-35-82-52/h7-10,12-21,26-34,36,42-43,58H,11,22-25,35H2,1-6H3,(H2,66,77)(H,69,76)(H,70,73)/t36-,42-,43-,65+/m0/s1. The number of primary amides is 1. The Kier molecular flexibility index (Phi) is 14.2. The molecule has 0 saturated carbocycles. The zero-order chi connectivity index (χ0) is 58.6. The summed E-state index contributed by atoms with van der Waals surface area (Å²) in [4.78, 5) is 81.5. The summed E-state index contributed by atoms with van der Waals surface area (Å²) in [7, 11) is 3.03. The average molecular weight is 1130 g/mol. The second-order valence-corrected chi connectivity index (χ2v) is 22.0. The van der Waals surface area contributed by atoms with E-state index < -0.39 is 35.0 Å². The number of benzene rings is 6. The normalized spacial score (nSPS) is 18.1. The van der Waals surface area contributed by atoms with Crippen molar-refractivity contribution in [2.24, 2.45) is 21.1 Å². The number of nitrogens with one attached hydrogen (secondary N) is 2. The summed E-state index contributed by atoms with van der Waals surface area (Å²) in [6, 6.07) is 33.9. The fourth-order valence-electron chi connectivity index (χ4n) is 12.0. The van der Waals surface area contributed by atoms with Crippen LogP contribution in [0, 0.1) is 5.41 Å². The fraction of sp³-hybridized carbons (Fsp3) is 0.277. The maximum atomic E-state index is 14.4. The molecule has 1 aliphatic carbocycles. The molecule has 4 N–H and O–H groups in total. The topological polar surface area (TPSA) is 231 Å². The van der Waals surface area contributed by atoms with E-state index in [0.29, 0.717) is 81.9 Å². The number of ether oxygens (including phenoxy) is 7. The molecule has 0 spiro atoms. The summed E-state index contributed by atoms with van der Waals surface area (Å²) in [5.74, 6) is 0.972. The maximum absolute atomic E-state index is 14.4. The van der Waals surface area contributed by atoms with Crippen molar-refractivity contribution in [1.29, 1.82) is 0 Å². The molecule has 19 nitrogen and oxygen atoms in total. The number of carbonyl (C=O) groups is 5. The summed E-state index contributed by atoms with van der Waals surface area (Å²) in [5.41, 5.74) is 12.6. The number of hydrogen-bond acceptors (Lipinski definition) is 14. The van der Waals surface area contributed by atoms with E-state index in [4.69, 9.17) is 48.9 Å². The molecule has 5 heterocycles. The number of fused-ring (bicyclic) bond motifs is 8. The number of nitrogens with two attached hydrogens (primary N) is 1. The third-order valence-corrected chi connectivity index (χ3v) is 16.8. The van der Waals surface area contributed by atoms with Crippen molar-refractivity contribution in [1.82, 2.24) is 15.1 Å². The van der Waals surface area contributed by atoms with E-state index in [1.807, 2.05) is 105 Å². The second-order valence-electron chi connectivity index (χ2n) is 22.0. The number of aliphatic imine (C=N–C) groups is 2. The van der Waals surface area contributed by atoms with Crippen molar-refractivity contribution in [3.63, 3.8) is 0 Å². The minimum Gasteiger partial charge on any atom is -0.493 e. The molecule has 19 heteroatoms. The van der Waals surface area contributed by atoms with Crippen LogP contribution in [0.25, 0.3) is 22.3 Å². The summed E-state index contributed by atoms with van der Waals surface area (Å²) < 4.78 is 40.6. The quantitative estimate of drug-likeness (QED) is 0.0724. The molecule has 0 bridgehead atoms. The van der Waals surface area contributed by atoms with Crippen molar-refractivity contribution in [3.05, 3.63) is 161 Å². The van der Waals surface area contributed by atoms with Gasteiger partial charge < -0.3 is 59.3 Å². The molecule has 0 saturated heterocycles. The smallest absolute Gasteiger partial charge is 0.405 e. The zero-order valence-electron chi connectivity index (χ0n) is 47.1. The molecule has 12 rings (SSSR count). The Hall–Kier alpha value is -9.91. The lowest BCUT2D eigenvalue weighted by Crippen LogP contribution is -2.61. The Morgan fingerprint density at radius 3 is 1.74 bits per heavy atom. The molecule has 0 fully saturated rings. The molecule has 428 valence electrons. The Morgan fingerprint density at radius 2 is 1.19 bits per heavy atom. The Morgan fingerprint density at radius 1 is 0.667 bits per heavy atom. The number of methoxy groups -OCH3 is 2. The Labute approximate surface area is 484 Å². The predicted octanol–water partition coefficient (Wildman–Crippen LogP) is 10.4. The highest BCUT2D eigenvalue weighted by molar-refractivity contribution is 6.07. The largest absolute Gasteiger partial charge is 0.493 e. The molecule has 4 atom stereocenters. The number of anilines is 1. The SMILES string of the molecule is COc1cc2c(cc1OCCCOc1cc3c(cc1OC)C(=O)N1C=C(c4ccc5c(c4)OCO5)C[C@H]1C=N3)N=C[C@@H]1CC(c3ccc(NC(=O)[C@H](C)NC(=O)[C@@](C)(OC(N)=O)C(C)(C)C4c5ccccc5-c5ccccc54)cc3)=CN1C2=O. The van der Waals surface area contributed by atoms with Crippen LogP contribution in [0.4, 0.5) is 21.9 Å². The second kappa shape index (κ2) is 21.8. The van der Waals surface area contributed by atoms with Crippen LogP contribution < -0.4 is 44.8 Å². The first-order chi connectivity index (χ1) is 40.5. The van der Waals surface area contributed by atoms with Gasteiger partial charge in [0.15, 0.2) is 40.1 Å². The van der Waals surface area contributed by atoms with Crippen LogP contribution in [0.5, 0.6) is 34.5 Å². The molecule has 5 amide bonds. The van der Waals surface area contributed by atoms with E-state index in [9.17, 15) is 24.0 Å². The van der Waals surface area contributed by atoms with Crippen LogP contribution in [0.3, 0.4) is 0 Å². The lowest BCUT2D eigenvalue weighted by molar-refractivity contribution is -0.153. The van der Waals surface area contributed by atoms with Crippen molar-refractivity contribution < 1.29 is 57.1 Å². The van der Waals surface area contributed by atoms with Crippen LogP contribution in [-0.2, 0) is 14.3 Å². The third kappa shape index (κ3) is 9.77. The van der Waals surface area contributed by atoms with Gasteiger partial charge in [-0.3, -0.25) is 29.2 Å². The molecule has 6 aliphatic rings. The molecular weight excluding hydrogens is 1070 g/mol. The van der Waals surface area contributed by atoms with Gasteiger partial charge in [-0.05, 0) is 94.8 Å². The van der Waals surface area contributed by atoms with Crippen LogP contribution in [0.2, 0.25) is 0 Å². The average Bonchev–Trinajstić information content (AvgIpc) is 1.73. The molecule has 5 aliphatic heterocycles. The number of amides is 5. The van der Waals surface area contributed by atoms with Gasteiger partial charge in [-0.1, -0.05) is 80.6 Å². The first kappa shape index (κ1) is 54.7. The van der Waals surface area contributed by atoms with Gasteiger partial charge in [0.25, 0.3) is 17.7 Å². The monoisotopic (exact) mass is 1130 g/mol. The summed E-state index contributed by atoms with van der Waals surface area (Å²) >= 11 is 0. The van der Waals surface area contributed by atoms with Gasteiger partial charge in [0.2, 0.25) is 12.7 Å². The maximum Gasteiger partial charge on any atom is 0.405 e. The molecular formula is C65H61N7O12. The summed E-state index contributed by atoms with van der Waals surface area (Å²) in [6.07, 6.45) is 7.63. The highest BCUT2D eigenvalue weighted by Gasteiger charge is 2.57. The van der Waals surface area contributed by atoms with Crippen LogP contribution >= 0.6 is 0 Å². The van der Waals surface area contributed by atoms with Crippen LogP contribution in [0.15, 0.2) is 138 Å². The van der Waals surface area contributed by atoms with E-state index in [1.54, 1.807) is 65.6 Å². The fourth-order valence-corrected chi connectivity index (χ4v) is 12.0. The van der Waals surface area contributed by atoms with E-state index in [2.05, 4.69) is 10.6 Å². The Balaban J connectivity index is 0.651. The van der Waals surface area contributed by atoms with E-state index in [0.717, 1.165) is 44.5 Å². The lowest BCUT2D eigenvalue weighted by atomic mass is 9.63. The van der Waals surface area contributed by atoms with Gasteiger partial charge in [0, 0.05) is 73.2 Å². The van der Waals surface area contributed by atoms with Crippen molar-refractivity contribution in [3.8, 4) is 45.6 Å². The number of rotatable bonds is 17. The predicted molar refractivity (Wildman–Crippen MR) is 315 cm³/mol. The molecule has 0 unspecified atom stereocenters. The van der Waals surface area contributed by atoms with Gasteiger partial charge in [0.05, 0.1) is 62.0 Å². The van der Waals surface area contributed by atoms with Gasteiger partial charge in [-0.2, -0.15) is 0 Å². The number of carbonyl (C=O) groups excluding carboxylic acids is 5. The van der Waals surface area contributed by atoms with E-state index >= 15 is 0 Å². The minimum absolute atomic E-state index is 0.182. The van der Waals surface area contributed by atoms with Gasteiger partial charge >= 0.3 is 6.09 Å². The van der Waals surface area contributed by atoms with Crippen molar-refractivity contribution >= 4 is 70.4 Å². The first-order valence-corrected chi connectivity index (χ1v) is 27.7. The molecule has 6 aromatic carbocycles. The lowest BCUT2D eigenvalue weighted by Gasteiger charge is -2.46. The third-order valence-electron chi connectivity index (χ3n) is 16.8. The Bertz CT molecular complexity index is 3790. The summed E-state index contributed by atoms with van der Waals surface area (Å²) in [5, 5.41) is 5.67. The number of nitrogens with zero attached hydrogens (tertiary/aromatic N) is 4. The zero-order valence-corrected chi connectivity index (χ0v) is 47.1. The molecule has 0 aromatic heterocycles. The summed E-state index contributed by atoms with van der Waals surface area (Å²) in [6.45, 7) is 7.48. The van der Waals surface area contributed by atoms with Crippen LogP contribution in [-0.4, -0.2) is 110 Å². The van der Waals surface area contributed by atoms with E-state index in [1.165, 1.54) is 21.1 Å². The highest BCUT2D eigenvalue weighted by atomic mass is 16.7. The van der Waals surface area contributed by atoms with Gasteiger partial charge in [-0.15, -0.1) is 0 Å². The van der Waals surface area contributed by atoms with Crippen molar-refractivity contribution in [2.45, 2.75) is 76.6 Å².